The van der Waals surface area contributed by atoms with E-state index in [1.165, 1.54) is 0 Å². The van der Waals surface area contributed by atoms with Crippen LogP contribution in [0.4, 0.5) is 0 Å². The van der Waals surface area contributed by atoms with Crippen LogP contribution in [0.2, 0.25) is 0 Å². The summed E-state index contributed by atoms with van der Waals surface area (Å²) in [7, 11) is 1.65. The Labute approximate surface area is 163 Å². The highest BCUT2D eigenvalue weighted by Gasteiger charge is 2.08. The first-order valence-electron chi connectivity index (χ1n) is 9.30. The van der Waals surface area contributed by atoms with Gasteiger partial charge in [-0.2, -0.15) is 0 Å². The molecule has 0 amide bonds. The fraction of sp³-hybridized carbons (Fsp3) is 0.217. The van der Waals surface area contributed by atoms with Crippen molar-refractivity contribution in [3.8, 4) is 11.5 Å². The van der Waals surface area contributed by atoms with Gasteiger partial charge in [0.15, 0.2) is 0 Å². The highest BCUT2D eigenvalue weighted by atomic mass is 16.5. The second kappa shape index (κ2) is 8.33. The van der Waals surface area contributed by atoms with Gasteiger partial charge in [-0.15, -0.1) is 0 Å². The molecule has 0 atom stereocenters. The smallest absolute Gasteiger partial charge is 0.135 e. The van der Waals surface area contributed by atoms with Gasteiger partial charge in [-0.05, 0) is 29.8 Å². The predicted molar refractivity (Wildman–Crippen MR) is 110 cm³/mol. The number of nitrogens with one attached hydrogen (secondary N) is 1. The molecule has 1 aromatic heterocycles. The van der Waals surface area contributed by atoms with Crippen molar-refractivity contribution in [1.29, 1.82) is 0 Å². The first kappa shape index (κ1) is 18.3. The van der Waals surface area contributed by atoms with Crippen LogP contribution >= 0.6 is 0 Å². The third-order valence-electron chi connectivity index (χ3n) is 4.71. The van der Waals surface area contributed by atoms with E-state index in [0.717, 1.165) is 44.6 Å². The van der Waals surface area contributed by atoms with Crippen LogP contribution in [-0.2, 0) is 13.2 Å². The van der Waals surface area contributed by atoms with E-state index in [2.05, 4.69) is 17.4 Å². The maximum atomic E-state index is 8.88. The Morgan fingerprint density at radius 2 is 1.82 bits per heavy atom. The van der Waals surface area contributed by atoms with E-state index in [9.17, 15) is 0 Å². The molecule has 0 bridgehead atoms. The minimum atomic E-state index is 0.111. The normalized spacial score (nSPS) is 11.2. The number of hydrogen-bond donors (Lipinski definition) is 2. The molecular weight excluding hydrogens is 354 g/mol. The number of rotatable bonds is 8. The van der Waals surface area contributed by atoms with Crippen LogP contribution in [0.25, 0.3) is 21.9 Å². The first-order valence-corrected chi connectivity index (χ1v) is 9.30. The van der Waals surface area contributed by atoms with Crippen molar-refractivity contribution < 1.29 is 19.0 Å². The fourth-order valence-electron chi connectivity index (χ4n) is 3.29. The van der Waals surface area contributed by atoms with E-state index >= 15 is 0 Å². The molecule has 1 heterocycles. The molecule has 4 aromatic rings. The van der Waals surface area contributed by atoms with E-state index in [1.54, 1.807) is 7.11 Å². The summed E-state index contributed by atoms with van der Waals surface area (Å²) < 4.78 is 17.3. The maximum absolute atomic E-state index is 8.88. The molecule has 0 aliphatic rings. The van der Waals surface area contributed by atoms with Gasteiger partial charge in [-0.25, -0.2) is 0 Å². The van der Waals surface area contributed by atoms with Gasteiger partial charge in [-0.3, -0.25) is 0 Å². The molecular formula is C23H23NO4. The number of benzene rings is 3. The number of ether oxygens (including phenoxy) is 2. The molecule has 0 spiro atoms. The van der Waals surface area contributed by atoms with Crippen molar-refractivity contribution in [2.45, 2.75) is 13.2 Å². The number of methoxy groups -OCH3 is 1. The van der Waals surface area contributed by atoms with Gasteiger partial charge < -0.3 is 24.3 Å². The van der Waals surface area contributed by atoms with Crippen molar-refractivity contribution in [2.24, 2.45) is 0 Å². The third-order valence-corrected chi connectivity index (χ3v) is 4.71. The van der Waals surface area contributed by atoms with Crippen LogP contribution in [0, 0.1) is 0 Å². The van der Waals surface area contributed by atoms with E-state index in [1.807, 2.05) is 48.5 Å². The number of aliphatic hydroxyl groups is 1. The molecule has 0 aliphatic carbocycles. The molecule has 3 aromatic carbocycles. The first-order chi connectivity index (χ1) is 13.8. The Morgan fingerprint density at radius 1 is 0.964 bits per heavy atom. The van der Waals surface area contributed by atoms with E-state index < -0.39 is 0 Å². The number of hydrogen-bond acceptors (Lipinski definition) is 5. The third kappa shape index (κ3) is 3.81. The van der Waals surface area contributed by atoms with E-state index in [-0.39, 0.29) is 6.61 Å². The Balaban J connectivity index is 1.50. The molecule has 0 fully saturated rings. The summed E-state index contributed by atoms with van der Waals surface area (Å²) in [4.78, 5) is 0. The molecule has 0 saturated carbocycles. The zero-order valence-electron chi connectivity index (χ0n) is 15.8. The highest BCUT2D eigenvalue weighted by molar-refractivity contribution is 6.04. The Kier molecular flexibility index (Phi) is 5.46. The van der Waals surface area contributed by atoms with Crippen molar-refractivity contribution in [2.75, 3.05) is 20.3 Å². The van der Waals surface area contributed by atoms with Crippen LogP contribution < -0.4 is 14.8 Å². The standard InChI is InChI=1S/C23H23NO4/c1-26-23-13-18(8-7-17(23)14-24-10-11-25)27-15-16-6-9-22-20(12-16)19-4-2-3-5-21(19)28-22/h2-9,12-13,24-25H,10-11,14-15H2,1H3. The second-order valence-corrected chi connectivity index (χ2v) is 6.59. The lowest BCUT2D eigenvalue weighted by molar-refractivity contribution is 0.291. The number of para-hydroxylation sites is 1. The average molecular weight is 377 g/mol. The predicted octanol–water partition coefficient (Wildman–Crippen LogP) is 4.26. The molecule has 5 nitrogen and oxygen atoms in total. The van der Waals surface area contributed by atoms with E-state index in [4.69, 9.17) is 19.0 Å². The van der Waals surface area contributed by atoms with Gasteiger partial charge in [-0.1, -0.05) is 30.3 Å². The van der Waals surface area contributed by atoms with Crippen LogP contribution in [0.15, 0.2) is 65.1 Å². The van der Waals surface area contributed by atoms with Gasteiger partial charge >= 0.3 is 0 Å². The van der Waals surface area contributed by atoms with Crippen LogP contribution in [-0.4, -0.2) is 25.4 Å². The molecule has 2 N–H and O–H groups in total. The Bertz CT molecular complexity index is 1090. The summed E-state index contributed by atoms with van der Waals surface area (Å²) in [6.07, 6.45) is 0. The summed E-state index contributed by atoms with van der Waals surface area (Å²) in [5.74, 6) is 1.51. The minimum absolute atomic E-state index is 0.111. The topological polar surface area (TPSA) is 63.9 Å². The highest BCUT2D eigenvalue weighted by Crippen LogP contribution is 2.30. The monoisotopic (exact) mass is 377 g/mol. The van der Waals surface area contributed by atoms with Crippen molar-refractivity contribution in [1.82, 2.24) is 5.32 Å². The SMILES string of the molecule is COc1cc(OCc2ccc3oc4ccccc4c3c2)ccc1CNCCO. The zero-order valence-corrected chi connectivity index (χ0v) is 15.8. The summed E-state index contributed by atoms with van der Waals surface area (Å²) >= 11 is 0. The average Bonchev–Trinajstić information content (AvgIpc) is 3.11. The second-order valence-electron chi connectivity index (χ2n) is 6.59. The largest absolute Gasteiger partial charge is 0.496 e. The molecule has 144 valence electrons. The zero-order chi connectivity index (χ0) is 19.3. The van der Waals surface area contributed by atoms with Gasteiger partial charge in [0.25, 0.3) is 0 Å². The van der Waals surface area contributed by atoms with E-state index in [0.29, 0.717) is 19.7 Å². The molecule has 0 radical (unpaired) electrons. The quantitative estimate of drug-likeness (QED) is 0.449. The van der Waals surface area contributed by atoms with Gasteiger partial charge in [0, 0.05) is 35.5 Å². The number of aliphatic hydroxyl groups excluding tert-OH is 1. The number of furan rings is 1. The molecule has 0 unspecified atom stereocenters. The van der Waals surface area contributed by atoms with Gasteiger partial charge in [0.05, 0.1) is 13.7 Å². The summed E-state index contributed by atoms with van der Waals surface area (Å²) in [6, 6.07) is 20.0. The summed E-state index contributed by atoms with van der Waals surface area (Å²) in [5, 5.41) is 14.2. The molecule has 0 aliphatic heterocycles. The number of fused-ring (bicyclic) bond motifs is 3. The summed E-state index contributed by atoms with van der Waals surface area (Å²) in [6.45, 7) is 1.75. The van der Waals surface area contributed by atoms with Crippen molar-refractivity contribution in [3.05, 3.63) is 71.8 Å². The van der Waals surface area contributed by atoms with Gasteiger partial charge in [0.2, 0.25) is 0 Å². The molecule has 28 heavy (non-hydrogen) atoms. The van der Waals surface area contributed by atoms with Crippen LogP contribution in [0.1, 0.15) is 11.1 Å². The van der Waals surface area contributed by atoms with Crippen LogP contribution in [0.3, 0.4) is 0 Å². The molecule has 4 rings (SSSR count). The lowest BCUT2D eigenvalue weighted by atomic mass is 10.1. The van der Waals surface area contributed by atoms with Crippen molar-refractivity contribution in [3.63, 3.8) is 0 Å². The lowest BCUT2D eigenvalue weighted by Crippen LogP contribution is -2.17. The fourth-order valence-corrected chi connectivity index (χ4v) is 3.29. The Morgan fingerprint density at radius 3 is 2.68 bits per heavy atom. The van der Waals surface area contributed by atoms with Crippen molar-refractivity contribution >= 4 is 21.9 Å². The van der Waals surface area contributed by atoms with Crippen LogP contribution in [0.5, 0.6) is 11.5 Å². The molecule has 5 heteroatoms. The van der Waals surface area contributed by atoms with Gasteiger partial charge in [0.1, 0.15) is 29.3 Å². The summed E-state index contributed by atoms with van der Waals surface area (Å²) in [5.41, 5.74) is 3.87. The Hall–Kier alpha value is -3.02. The molecule has 0 saturated heterocycles. The maximum Gasteiger partial charge on any atom is 0.135 e. The lowest BCUT2D eigenvalue weighted by Gasteiger charge is -2.12. The minimum Gasteiger partial charge on any atom is -0.496 e.